The van der Waals surface area contributed by atoms with Gasteiger partial charge in [0, 0.05) is 11.8 Å². The highest BCUT2D eigenvalue weighted by molar-refractivity contribution is 7.89. The number of aliphatic hydroxyl groups is 1. The molecule has 2 aromatic heterocycles. The Bertz CT molecular complexity index is 1610. The highest BCUT2D eigenvalue weighted by Gasteiger charge is 2.26. The van der Waals surface area contributed by atoms with Crippen molar-refractivity contribution in [1.82, 2.24) is 14.7 Å². The Labute approximate surface area is 230 Å². The van der Waals surface area contributed by atoms with E-state index in [9.17, 15) is 13.5 Å². The third-order valence-corrected chi connectivity index (χ3v) is 7.62. The summed E-state index contributed by atoms with van der Waals surface area (Å²) in [6, 6.07) is 17.9. The van der Waals surface area contributed by atoms with Crippen LogP contribution in [0.4, 0.5) is 5.82 Å². The number of aryl methyl sites for hydroxylation is 3. The van der Waals surface area contributed by atoms with Crippen LogP contribution < -0.4 is 15.2 Å². The van der Waals surface area contributed by atoms with Crippen molar-refractivity contribution in [2.24, 2.45) is 0 Å². The van der Waals surface area contributed by atoms with Crippen molar-refractivity contribution < 1.29 is 18.3 Å². The topological polar surface area (TPSA) is 127 Å². The van der Waals surface area contributed by atoms with E-state index in [1.54, 1.807) is 12.3 Å². The Hall–Kier alpha value is -3.79. The zero-order chi connectivity index (χ0) is 28.5. The fourth-order valence-electron chi connectivity index (χ4n) is 4.56. The van der Waals surface area contributed by atoms with Gasteiger partial charge in [-0.15, -0.1) is 0 Å². The summed E-state index contributed by atoms with van der Waals surface area (Å²) in [7, 11) is -4.23. The molecule has 0 aliphatic carbocycles. The van der Waals surface area contributed by atoms with Gasteiger partial charge in [-0.25, -0.2) is 18.4 Å². The summed E-state index contributed by atoms with van der Waals surface area (Å²) in [5.41, 5.74) is 11.2. The number of rotatable bonds is 7. The molecule has 2 heterocycles. The minimum atomic E-state index is -4.23. The molecule has 39 heavy (non-hydrogen) atoms. The molecular weight excluding hydrogens is 512 g/mol. The number of aliphatic hydroxyl groups excluding tert-OH is 1. The van der Waals surface area contributed by atoms with Gasteiger partial charge in [0.25, 0.3) is 10.0 Å². The maximum absolute atomic E-state index is 13.1. The van der Waals surface area contributed by atoms with Crippen LogP contribution in [0, 0.1) is 20.8 Å². The van der Waals surface area contributed by atoms with Gasteiger partial charge in [0.15, 0.2) is 5.03 Å². The first-order valence-electron chi connectivity index (χ1n) is 12.5. The Balaban J connectivity index is 1.83. The number of pyridine rings is 2. The largest absolute Gasteiger partial charge is 0.438 e. The van der Waals surface area contributed by atoms with Gasteiger partial charge >= 0.3 is 0 Å². The summed E-state index contributed by atoms with van der Waals surface area (Å²) >= 11 is 0. The van der Waals surface area contributed by atoms with Gasteiger partial charge in [-0.1, -0.05) is 68.8 Å². The lowest BCUT2D eigenvalue weighted by atomic mass is 9.82. The first-order chi connectivity index (χ1) is 18.3. The van der Waals surface area contributed by atoms with Crippen molar-refractivity contribution in [3.63, 3.8) is 0 Å². The van der Waals surface area contributed by atoms with Crippen LogP contribution in [0.5, 0.6) is 11.6 Å². The van der Waals surface area contributed by atoms with E-state index in [1.165, 1.54) is 18.2 Å². The monoisotopic (exact) mass is 546 g/mol. The number of benzene rings is 2. The smallest absolute Gasteiger partial charge is 0.260 e. The maximum atomic E-state index is 13.1. The maximum Gasteiger partial charge on any atom is 0.260 e. The van der Waals surface area contributed by atoms with Crippen LogP contribution in [0.1, 0.15) is 54.8 Å². The molecule has 0 saturated heterocycles. The lowest BCUT2D eigenvalue weighted by Crippen LogP contribution is -2.29. The van der Waals surface area contributed by atoms with E-state index < -0.39 is 16.3 Å². The molecular formula is C30H34N4O4S. The Morgan fingerprint density at radius 3 is 2.28 bits per heavy atom. The molecule has 0 bridgehead atoms. The summed E-state index contributed by atoms with van der Waals surface area (Å²) in [5.74, 6) is 0.715. The molecule has 0 aliphatic heterocycles. The third-order valence-electron chi connectivity index (χ3n) is 6.31. The van der Waals surface area contributed by atoms with Crippen LogP contribution in [0.25, 0.3) is 11.1 Å². The highest BCUT2D eigenvalue weighted by Crippen LogP contribution is 2.37. The minimum Gasteiger partial charge on any atom is -0.438 e. The molecule has 4 aromatic rings. The molecule has 2 aromatic carbocycles. The standard InChI is InChI=1S/C30H34N4O4S/c1-18-14-19(2)27(20(3)15-18)38-29-23(28(35)34-39(36,37)26-13-9-12-25(31)33-26)16-21(17-32-29)22-10-7-8-11-24(22)30(4,5)6/h7-17,28,34-35H,1-6H3,(H2,31,33). The van der Waals surface area contributed by atoms with Crippen LogP contribution in [-0.2, 0) is 15.4 Å². The zero-order valence-corrected chi connectivity index (χ0v) is 23.8. The number of nitrogens with zero attached hydrogens (tertiary/aromatic N) is 2. The number of nitrogen functional groups attached to an aromatic ring is 1. The fourth-order valence-corrected chi connectivity index (χ4v) is 5.59. The molecule has 1 unspecified atom stereocenters. The zero-order valence-electron chi connectivity index (χ0n) is 23.0. The summed E-state index contributed by atoms with van der Waals surface area (Å²) in [5, 5.41) is 11.0. The molecule has 0 aliphatic rings. The highest BCUT2D eigenvalue weighted by atomic mass is 32.2. The van der Waals surface area contributed by atoms with Crippen molar-refractivity contribution in [2.75, 3.05) is 5.73 Å². The van der Waals surface area contributed by atoms with Gasteiger partial charge in [0.2, 0.25) is 5.88 Å². The lowest BCUT2D eigenvalue weighted by Gasteiger charge is -2.24. The van der Waals surface area contributed by atoms with Gasteiger partial charge < -0.3 is 15.6 Å². The second kappa shape index (κ2) is 10.8. The van der Waals surface area contributed by atoms with Crippen molar-refractivity contribution in [1.29, 1.82) is 0 Å². The Morgan fingerprint density at radius 2 is 1.64 bits per heavy atom. The molecule has 0 saturated carbocycles. The second-order valence-corrected chi connectivity index (χ2v) is 12.3. The first kappa shape index (κ1) is 28.2. The molecule has 1 atom stereocenters. The van der Waals surface area contributed by atoms with Gasteiger partial charge in [0.1, 0.15) is 17.8 Å². The molecule has 8 nitrogen and oxygen atoms in total. The molecule has 9 heteroatoms. The van der Waals surface area contributed by atoms with E-state index in [4.69, 9.17) is 10.5 Å². The van der Waals surface area contributed by atoms with E-state index in [0.29, 0.717) is 11.3 Å². The number of sulfonamides is 1. The van der Waals surface area contributed by atoms with Crippen molar-refractivity contribution in [2.45, 2.75) is 58.2 Å². The molecule has 0 amide bonds. The van der Waals surface area contributed by atoms with Crippen LogP contribution >= 0.6 is 0 Å². The SMILES string of the molecule is Cc1cc(C)c(Oc2ncc(-c3ccccc3C(C)(C)C)cc2C(O)NS(=O)(=O)c2cccc(N)n2)c(C)c1. The van der Waals surface area contributed by atoms with E-state index in [2.05, 4.69) is 35.5 Å². The summed E-state index contributed by atoms with van der Waals surface area (Å²) in [4.78, 5) is 8.45. The summed E-state index contributed by atoms with van der Waals surface area (Å²) < 4.78 is 34.7. The molecule has 204 valence electrons. The summed E-state index contributed by atoms with van der Waals surface area (Å²) in [6.45, 7) is 12.2. The number of ether oxygens (including phenoxy) is 1. The quantitative estimate of drug-likeness (QED) is 0.253. The van der Waals surface area contributed by atoms with E-state index >= 15 is 0 Å². The number of hydrogen-bond acceptors (Lipinski definition) is 7. The molecule has 4 rings (SSSR count). The average molecular weight is 547 g/mol. The second-order valence-electron chi connectivity index (χ2n) is 10.7. The van der Waals surface area contributed by atoms with Crippen molar-refractivity contribution >= 4 is 15.8 Å². The average Bonchev–Trinajstić information content (AvgIpc) is 2.85. The van der Waals surface area contributed by atoms with Crippen molar-refractivity contribution in [3.05, 3.63) is 94.7 Å². The fraction of sp³-hybridized carbons (Fsp3) is 0.267. The number of nitrogens with one attached hydrogen (secondary N) is 1. The lowest BCUT2D eigenvalue weighted by molar-refractivity contribution is 0.162. The molecule has 0 fully saturated rings. The van der Waals surface area contributed by atoms with E-state index in [0.717, 1.165) is 27.8 Å². The predicted octanol–water partition coefficient (Wildman–Crippen LogP) is 5.71. The predicted molar refractivity (Wildman–Crippen MR) is 153 cm³/mol. The number of aromatic nitrogens is 2. The van der Waals surface area contributed by atoms with Crippen LogP contribution in [0.15, 0.2) is 71.9 Å². The molecule has 0 radical (unpaired) electrons. The van der Waals surface area contributed by atoms with Crippen molar-refractivity contribution in [3.8, 4) is 22.8 Å². The van der Waals surface area contributed by atoms with Crippen LogP contribution in [0.3, 0.4) is 0 Å². The summed E-state index contributed by atoms with van der Waals surface area (Å²) in [6.07, 6.45) is -0.0170. The third kappa shape index (κ3) is 6.27. The van der Waals surface area contributed by atoms with Gasteiger partial charge in [-0.05, 0) is 66.6 Å². The number of anilines is 1. The Kier molecular flexibility index (Phi) is 7.79. The number of nitrogens with two attached hydrogens (primary N) is 1. The van der Waals surface area contributed by atoms with Gasteiger partial charge in [-0.2, -0.15) is 4.72 Å². The number of hydrogen-bond donors (Lipinski definition) is 3. The van der Waals surface area contributed by atoms with Gasteiger partial charge in [0.05, 0.1) is 5.56 Å². The van der Waals surface area contributed by atoms with Gasteiger partial charge in [-0.3, -0.25) is 0 Å². The van der Waals surface area contributed by atoms with Crippen LogP contribution in [-0.4, -0.2) is 23.5 Å². The Morgan fingerprint density at radius 1 is 0.974 bits per heavy atom. The van der Waals surface area contributed by atoms with Crippen LogP contribution in [0.2, 0.25) is 0 Å². The van der Waals surface area contributed by atoms with E-state index in [-0.39, 0.29) is 27.7 Å². The van der Waals surface area contributed by atoms with E-state index in [1.807, 2.05) is 57.2 Å². The molecule has 4 N–H and O–H groups in total. The molecule has 0 spiro atoms. The minimum absolute atomic E-state index is 0.0455. The normalized spacial score (nSPS) is 12.8. The first-order valence-corrected chi connectivity index (χ1v) is 14.0.